The average molecular weight is 203 g/mol. The minimum absolute atomic E-state index is 0.208. The van der Waals surface area contributed by atoms with E-state index in [1.165, 1.54) is 18.2 Å². The Morgan fingerprint density at radius 2 is 1.93 bits per heavy atom. The van der Waals surface area contributed by atoms with Crippen molar-refractivity contribution in [3.05, 3.63) is 24.3 Å². The van der Waals surface area contributed by atoms with Crippen molar-refractivity contribution in [1.29, 1.82) is 0 Å². The molecule has 1 aromatic carbocycles. The second-order valence-corrected chi connectivity index (χ2v) is 2.22. The topological polar surface area (TPSA) is 38.7 Å². The van der Waals surface area contributed by atoms with Gasteiger partial charge >= 0.3 is 6.36 Å². The van der Waals surface area contributed by atoms with Crippen LogP contribution in [0.25, 0.3) is 0 Å². The lowest BCUT2D eigenvalue weighted by atomic mass is 10.3. The maximum Gasteiger partial charge on any atom is 0.573 e. The summed E-state index contributed by atoms with van der Waals surface area (Å²) in [5, 5.41) is 0. The van der Waals surface area contributed by atoms with Crippen LogP contribution in [0.15, 0.2) is 29.3 Å². The summed E-state index contributed by atoms with van der Waals surface area (Å²) >= 11 is 0. The molecule has 0 atom stereocenters. The maximum absolute atomic E-state index is 11.8. The van der Waals surface area contributed by atoms with Gasteiger partial charge in [-0.15, -0.1) is 13.2 Å². The van der Waals surface area contributed by atoms with E-state index in [1.807, 2.05) is 0 Å². The molecular weight excluding hydrogens is 199 g/mol. The Balaban J connectivity index is 3.01. The number of aliphatic imine (C=N–C) groups is 1. The summed E-state index contributed by atoms with van der Waals surface area (Å²) in [6, 6.07) is 5.04. The van der Waals surface area contributed by atoms with E-state index in [9.17, 15) is 18.0 Å². The van der Waals surface area contributed by atoms with Gasteiger partial charge in [0.1, 0.15) is 5.69 Å². The van der Waals surface area contributed by atoms with Gasteiger partial charge in [-0.25, -0.2) is 4.79 Å². The van der Waals surface area contributed by atoms with E-state index < -0.39 is 12.1 Å². The van der Waals surface area contributed by atoms with E-state index in [0.717, 1.165) is 12.1 Å². The molecule has 14 heavy (non-hydrogen) atoms. The minimum Gasteiger partial charge on any atom is -0.403 e. The van der Waals surface area contributed by atoms with Gasteiger partial charge in [0, 0.05) is 0 Å². The molecule has 0 aliphatic rings. The van der Waals surface area contributed by atoms with E-state index in [4.69, 9.17) is 0 Å². The number of carbonyl (C=O) groups excluding carboxylic acids is 1. The summed E-state index contributed by atoms with van der Waals surface area (Å²) in [6.45, 7) is 0. The Bertz CT molecular complexity index is 369. The number of rotatable bonds is 2. The van der Waals surface area contributed by atoms with Gasteiger partial charge in [-0.3, -0.25) is 0 Å². The standard InChI is InChI=1S/C8H4F3NO2/c9-8(10,11)14-7-4-2-1-3-6(7)12-5-13/h1-4H. The number of alkyl halides is 3. The molecule has 0 N–H and O–H groups in total. The third kappa shape index (κ3) is 2.91. The molecule has 0 saturated carbocycles. The van der Waals surface area contributed by atoms with Crippen molar-refractivity contribution >= 4 is 11.8 Å². The predicted octanol–water partition coefficient (Wildman–Crippen LogP) is 2.55. The molecule has 0 heterocycles. The molecule has 0 aliphatic heterocycles. The summed E-state index contributed by atoms with van der Waals surface area (Å²) < 4.78 is 39.0. The molecule has 0 saturated heterocycles. The molecule has 0 spiro atoms. The van der Waals surface area contributed by atoms with Crippen molar-refractivity contribution in [2.24, 2.45) is 4.99 Å². The molecule has 6 heteroatoms. The molecule has 74 valence electrons. The van der Waals surface area contributed by atoms with Gasteiger partial charge in [-0.05, 0) is 12.1 Å². The first-order valence-corrected chi connectivity index (χ1v) is 3.45. The summed E-state index contributed by atoms with van der Waals surface area (Å²) in [7, 11) is 0. The third-order valence-corrected chi connectivity index (χ3v) is 1.26. The highest BCUT2D eigenvalue weighted by atomic mass is 19.4. The maximum atomic E-state index is 11.8. The number of benzene rings is 1. The zero-order chi connectivity index (χ0) is 10.6. The minimum atomic E-state index is -4.80. The van der Waals surface area contributed by atoms with Crippen molar-refractivity contribution in [3.63, 3.8) is 0 Å². The summed E-state index contributed by atoms with van der Waals surface area (Å²) in [4.78, 5) is 12.9. The fourth-order valence-electron chi connectivity index (χ4n) is 0.810. The molecule has 0 aliphatic carbocycles. The van der Waals surface area contributed by atoms with E-state index in [0.29, 0.717) is 0 Å². The largest absolute Gasteiger partial charge is 0.573 e. The van der Waals surface area contributed by atoms with Gasteiger partial charge in [0.2, 0.25) is 6.08 Å². The molecule has 0 bridgehead atoms. The average Bonchev–Trinajstić information content (AvgIpc) is 2.06. The van der Waals surface area contributed by atoms with Crippen LogP contribution in [-0.4, -0.2) is 12.4 Å². The molecular formula is C8H4F3NO2. The second-order valence-electron chi connectivity index (χ2n) is 2.22. The highest BCUT2D eigenvalue weighted by Crippen LogP contribution is 2.31. The summed E-state index contributed by atoms with van der Waals surface area (Å²) in [6.07, 6.45) is -3.66. The van der Waals surface area contributed by atoms with Gasteiger partial charge < -0.3 is 4.74 Å². The smallest absolute Gasteiger partial charge is 0.403 e. The zero-order valence-electron chi connectivity index (χ0n) is 6.71. The Kier molecular flexibility index (Phi) is 2.89. The summed E-state index contributed by atoms with van der Waals surface area (Å²) in [5.41, 5.74) is -0.208. The fourth-order valence-corrected chi connectivity index (χ4v) is 0.810. The molecule has 0 aromatic heterocycles. The Morgan fingerprint density at radius 3 is 2.50 bits per heavy atom. The van der Waals surface area contributed by atoms with Crippen LogP contribution in [-0.2, 0) is 4.79 Å². The predicted molar refractivity (Wildman–Crippen MR) is 40.9 cm³/mol. The number of isocyanates is 1. The molecule has 0 unspecified atom stereocenters. The van der Waals surface area contributed by atoms with Crippen LogP contribution in [0.4, 0.5) is 18.9 Å². The van der Waals surface area contributed by atoms with Gasteiger partial charge in [-0.1, -0.05) is 12.1 Å². The third-order valence-electron chi connectivity index (χ3n) is 1.26. The quantitative estimate of drug-likeness (QED) is 0.547. The first kappa shape index (κ1) is 10.3. The number of hydrogen-bond donors (Lipinski definition) is 0. The van der Waals surface area contributed by atoms with Crippen molar-refractivity contribution in [2.45, 2.75) is 6.36 Å². The van der Waals surface area contributed by atoms with E-state index >= 15 is 0 Å². The van der Waals surface area contributed by atoms with Crippen LogP contribution >= 0.6 is 0 Å². The number of para-hydroxylation sites is 2. The monoisotopic (exact) mass is 203 g/mol. The van der Waals surface area contributed by atoms with Crippen molar-refractivity contribution in [1.82, 2.24) is 0 Å². The second kappa shape index (κ2) is 3.93. The highest BCUT2D eigenvalue weighted by molar-refractivity contribution is 5.57. The number of halogens is 3. The van der Waals surface area contributed by atoms with Crippen LogP contribution in [0.5, 0.6) is 5.75 Å². The Morgan fingerprint density at radius 1 is 1.29 bits per heavy atom. The number of hydrogen-bond acceptors (Lipinski definition) is 3. The van der Waals surface area contributed by atoms with Crippen LogP contribution in [0.1, 0.15) is 0 Å². The number of nitrogens with zero attached hydrogens (tertiary/aromatic N) is 1. The lowest BCUT2D eigenvalue weighted by Crippen LogP contribution is -2.17. The van der Waals surface area contributed by atoms with Crippen LogP contribution in [0.2, 0.25) is 0 Å². The Hall–Kier alpha value is -1.81. The van der Waals surface area contributed by atoms with Crippen LogP contribution in [0.3, 0.4) is 0 Å². The molecule has 0 radical (unpaired) electrons. The first-order valence-electron chi connectivity index (χ1n) is 3.45. The van der Waals surface area contributed by atoms with Gasteiger partial charge in [0.05, 0.1) is 0 Å². The van der Waals surface area contributed by atoms with E-state index in [2.05, 4.69) is 9.73 Å². The summed E-state index contributed by atoms with van der Waals surface area (Å²) in [5.74, 6) is -0.525. The van der Waals surface area contributed by atoms with Crippen molar-refractivity contribution < 1.29 is 22.7 Å². The van der Waals surface area contributed by atoms with E-state index in [-0.39, 0.29) is 5.69 Å². The molecule has 3 nitrogen and oxygen atoms in total. The lowest BCUT2D eigenvalue weighted by molar-refractivity contribution is -0.274. The van der Waals surface area contributed by atoms with Crippen LogP contribution in [0, 0.1) is 0 Å². The van der Waals surface area contributed by atoms with E-state index in [1.54, 1.807) is 0 Å². The molecule has 1 aromatic rings. The van der Waals surface area contributed by atoms with Crippen molar-refractivity contribution in [2.75, 3.05) is 0 Å². The fraction of sp³-hybridized carbons (Fsp3) is 0.125. The zero-order valence-corrected chi connectivity index (χ0v) is 6.71. The molecule has 0 fully saturated rings. The normalized spacial score (nSPS) is 10.5. The van der Waals surface area contributed by atoms with Crippen LogP contribution < -0.4 is 4.74 Å². The molecule has 0 amide bonds. The lowest BCUT2D eigenvalue weighted by Gasteiger charge is -2.09. The molecule has 1 rings (SSSR count). The number of ether oxygens (including phenoxy) is 1. The van der Waals surface area contributed by atoms with Gasteiger partial charge in [-0.2, -0.15) is 4.99 Å². The van der Waals surface area contributed by atoms with Gasteiger partial charge in [0.15, 0.2) is 5.75 Å². The first-order chi connectivity index (χ1) is 6.53. The SMILES string of the molecule is O=C=Nc1ccccc1OC(F)(F)F. The van der Waals surface area contributed by atoms with Gasteiger partial charge in [0.25, 0.3) is 0 Å². The highest BCUT2D eigenvalue weighted by Gasteiger charge is 2.32. The van der Waals surface area contributed by atoms with Crippen molar-refractivity contribution in [3.8, 4) is 5.75 Å². The Labute approximate surface area is 76.8 Å².